The van der Waals surface area contributed by atoms with E-state index in [4.69, 9.17) is 15.2 Å². The van der Waals surface area contributed by atoms with Gasteiger partial charge in [0.25, 0.3) is 5.91 Å². The number of anilines is 1. The molecule has 0 aliphatic carbocycles. The number of pyridine rings is 1. The summed E-state index contributed by atoms with van der Waals surface area (Å²) in [4.78, 5) is 33.5. The van der Waals surface area contributed by atoms with Crippen LogP contribution in [0.25, 0.3) is 0 Å². The first-order valence-electron chi connectivity index (χ1n) is 11.3. The van der Waals surface area contributed by atoms with E-state index in [1.807, 2.05) is 6.07 Å². The molecular formula is C22H31N7O4. The first-order valence-corrected chi connectivity index (χ1v) is 11.3. The molecule has 2 amide bonds. The van der Waals surface area contributed by atoms with Gasteiger partial charge in [-0.05, 0) is 30.9 Å². The lowest BCUT2D eigenvalue weighted by molar-refractivity contribution is -0.122. The average Bonchev–Trinajstić information content (AvgIpc) is 3.54. The average molecular weight is 458 g/mol. The number of aromatic nitrogens is 1. The maximum absolute atomic E-state index is 12.9. The van der Waals surface area contributed by atoms with E-state index in [0.29, 0.717) is 24.9 Å². The van der Waals surface area contributed by atoms with Crippen LogP contribution in [-0.2, 0) is 19.1 Å². The lowest BCUT2D eigenvalue weighted by Crippen LogP contribution is -2.49. The Kier molecular flexibility index (Phi) is 7.07. The second-order valence-corrected chi connectivity index (χ2v) is 8.88. The van der Waals surface area contributed by atoms with E-state index in [0.717, 1.165) is 37.4 Å². The highest BCUT2D eigenvalue weighted by atomic mass is 16.5. The third-order valence-electron chi connectivity index (χ3n) is 5.63. The normalized spacial score (nSPS) is 24.5. The van der Waals surface area contributed by atoms with Crippen molar-refractivity contribution in [3.05, 3.63) is 23.9 Å². The van der Waals surface area contributed by atoms with Gasteiger partial charge in [0.2, 0.25) is 11.8 Å². The summed E-state index contributed by atoms with van der Waals surface area (Å²) in [5, 5.41) is 12.2. The quantitative estimate of drug-likeness (QED) is 0.478. The van der Waals surface area contributed by atoms with Crippen LogP contribution in [0.15, 0.2) is 28.4 Å². The molecule has 3 atom stereocenters. The van der Waals surface area contributed by atoms with Crippen LogP contribution in [0.1, 0.15) is 32.3 Å². The number of hydrogen-bond acceptors (Lipinski definition) is 9. The fourth-order valence-corrected chi connectivity index (χ4v) is 3.94. The van der Waals surface area contributed by atoms with Crippen molar-refractivity contribution in [2.45, 2.75) is 44.9 Å². The zero-order chi connectivity index (χ0) is 23.4. The van der Waals surface area contributed by atoms with E-state index in [2.05, 4.69) is 39.6 Å². The van der Waals surface area contributed by atoms with E-state index < -0.39 is 18.0 Å². The van der Waals surface area contributed by atoms with Crippen LogP contribution in [0.4, 0.5) is 5.82 Å². The van der Waals surface area contributed by atoms with Gasteiger partial charge in [0.15, 0.2) is 6.04 Å². The molecule has 4 heterocycles. The minimum Gasteiger partial charge on any atom is -0.475 e. The Hall–Kier alpha value is -3.21. The van der Waals surface area contributed by atoms with Gasteiger partial charge < -0.3 is 25.8 Å². The number of nitrogens with zero attached hydrogens (tertiary/aromatic N) is 4. The largest absolute Gasteiger partial charge is 0.475 e. The van der Waals surface area contributed by atoms with Crippen molar-refractivity contribution >= 4 is 29.2 Å². The van der Waals surface area contributed by atoms with Crippen molar-refractivity contribution in [3.63, 3.8) is 0 Å². The van der Waals surface area contributed by atoms with E-state index in [1.54, 1.807) is 17.3 Å². The van der Waals surface area contributed by atoms with Crippen molar-refractivity contribution < 1.29 is 19.1 Å². The number of ether oxygens (including phenoxy) is 2. The third-order valence-corrected chi connectivity index (χ3v) is 5.63. The van der Waals surface area contributed by atoms with Crippen LogP contribution in [0.3, 0.4) is 0 Å². The Morgan fingerprint density at radius 2 is 2.21 bits per heavy atom. The maximum Gasteiger partial charge on any atom is 0.267 e. The van der Waals surface area contributed by atoms with Gasteiger partial charge in [-0.2, -0.15) is 5.10 Å². The summed E-state index contributed by atoms with van der Waals surface area (Å²) in [5.41, 5.74) is 6.38. The topological polar surface area (TPSA) is 144 Å². The monoisotopic (exact) mass is 457 g/mol. The van der Waals surface area contributed by atoms with Gasteiger partial charge in [-0.3, -0.25) is 14.6 Å². The Balaban J connectivity index is 1.37. The number of amides is 2. The van der Waals surface area contributed by atoms with Crippen molar-refractivity contribution in [2.75, 3.05) is 38.2 Å². The molecule has 11 nitrogen and oxygen atoms in total. The molecule has 0 spiro atoms. The smallest absolute Gasteiger partial charge is 0.267 e. The summed E-state index contributed by atoms with van der Waals surface area (Å²) in [6, 6.07) is 2.32. The molecule has 11 heteroatoms. The highest BCUT2D eigenvalue weighted by molar-refractivity contribution is 6.41. The Morgan fingerprint density at radius 1 is 1.36 bits per heavy atom. The van der Waals surface area contributed by atoms with Gasteiger partial charge in [-0.25, -0.2) is 9.98 Å². The molecule has 1 fully saturated rings. The first kappa shape index (κ1) is 23.0. The molecule has 1 aromatic rings. The molecule has 4 N–H and O–H groups in total. The van der Waals surface area contributed by atoms with E-state index in [-0.39, 0.29) is 24.3 Å². The number of hydrogen-bond donors (Lipinski definition) is 3. The van der Waals surface area contributed by atoms with Crippen molar-refractivity contribution in [1.82, 2.24) is 15.3 Å². The summed E-state index contributed by atoms with van der Waals surface area (Å²) < 4.78 is 11.3. The fourth-order valence-electron chi connectivity index (χ4n) is 3.94. The van der Waals surface area contributed by atoms with Gasteiger partial charge in [-0.15, -0.1) is 0 Å². The van der Waals surface area contributed by atoms with Gasteiger partial charge >= 0.3 is 0 Å². The molecule has 4 rings (SSSR count). The van der Waals surface area contributed by atoms with Crippen LogP contribution in [0.2, 0.25) is 0 Å². The number of carbonyl (C=O) groups excluding carboxylic acids is 2. The van der Waals surface area contributed by atoms with Crippen LogP contribution in [0.5, 0.6) is 0 Å². The maximum atomic E-state index is 12.9. The fraction of sp³-hybridized carbons (Fsp3) is 0.591. The summed E-state index contributed by atoms with van der Waals surface area (Å²) in [5.74, 6) is 0.602. The standard InChI is InChI=1S/C22H31N7O4/c1-13(2)9-25-18-8-14(5-6-24-18)22-27-17(12-33-22)21(31)26-16-11-29(28-19(16)20(23)30)10-15-4-3-7-32-15/h5-6,8,13,15-17H,3-4,7,9-12H2,1-2H3,(H2,23,30)(H,24,25)(H,26,31). The van der Waals surface area contributed by atoms with E-state index >= 15 is 0 Å². The molecular weight excluding hydrogens is 426 g/mol. The molecule has 178 valence electrons. The number of carbonyl (C=O) groups is 2. The number of nitrogens with one attached hydrogen (secondary N) is 2. The zero-order valence-corrected chi connectivity index (χ0v) is 19.0. The molecule has 33 heavy (non-hydrogen) atoms. The Labute approximate surface area is 192 Å². The highest BCUT2D eigenvalue weighted by Gasteiger charge is 2.36. The van der Waals surface area contributed by atoms with Gasteiger partial charge in [0.05, 0.1) is 25.2 Å². The molecule has 0 aromatic carbocycles. The summed E-state index contributed by atoms with van der Waals surface area (Å²) in [6.07, 6.45) is 3.72. The zero-order valence-electron chi connectivity index (χ0n) is 19.0. The summed E-state index contributed by atoms with van der Waals surface area (Å²) >= 11 is 0. The molecule has 3 unspecified atom stereocenters. The van der Waals surface area contributed by atoms with Crippen LogP contribution in [0, 0.1) is 5.92 Å². The minimum absolute atomic E-state index is 0.0769. The van der Waals surface area contributed by atoms with Gasteiger partial charge in [0, 0.05) is 24.9 Å². The number of aliphatic imine (C=N–C) groups is 1. The first-order chi connectivity index (χ1) is 15.9. The molecule has 3 aliphatic heterocycles. The van der Waals surface area contributed by atoms with Crippen LogP contribution in [-0.4, -0.2) is 84.5 Å². The van der Waals surface area contributed by atoms with E-state index in [1.165, 1.54) is 0 Å². The third kappa shape index (κ3) is 5.78. The SMILES string of the molecule is CC(C)CNc1cc(C2=NC(C(=O)NC3CN(CC4CCCO4)N=C3C(N)=O)CO2)ccn1. The molecule has 0 saturated carbocycles. The second kappa shape index (κ2) is 10.2. The van der Waals surface area contributed by atoms with Crippen molar-refractivity contribution in [2.24, 2.45) is 21.7 Å². The lowest BCUT2D eigenvalue weighted by Gasteiger charge is -2.20. The second-order valence-electron chi connectivity index (χ2n) is 8.88. The highest BCUT2D eigenvalue weighted by Crippen LogP contribution is 2.18. The van der Waals surface area contributed by atoms with E-state index in [9.17, 15) is 9.59 Å². The summed E-state index contributed by atoms with van der Waals surface area (Å²) in [6.45, 7) is 6.81. The number of primary amides is 1. The summed E-state index contributed by atoms with van der Waals surface area (Å²) in [7, 11) is 0. The number of hydrazone groups is 1. The Bertz CT molecular complexity index is 942. The van der Waals surface area contributed by atoms with Crippen LogP contribution >= 0.6 is 0 Å². The van der Waals surface area contributed by atoms with Gasteiger partial charge in [0.1, 0.15) is 18.1 Å². The minimum atomic E-state index is -0.721. The lowest BCUT2D eigenvalue weighted by atomic mass is 10.1. The number of nitrogens with two attached hydrogens (primary N) is 1. The van der Waals surface area contributed by atoms with Crippen molar-refractivity contribution in [1.29, 1.82) is 0 Å². The van der Waals surface area contributed by atoms with Gasteiger partial charge in [-0.1, -0.05) is 13.8 Å². The Morgan fingerprint density at radius 3 is 2.94 bits per heavy atom. The predicted molar refractivity (Wildman–Crippen MR) is 123 cm³/mol. The molecule has 1 saturated heterocycles. The van der Waals surface area contributed by atoms with Crippen molar-refractivity contribution in [3.8, 4) is 0 Å². The molecule has 0 radical (unpaired) electrons. The molecule has 3 aliphatic rings. The number of rotatable bonds is 9. The predicted octanol–water partition coefficient (Wildman–Crippen LogP) is 0.116. The molecule has 0 bridgehead atoms. The molecule has 1 aromatic heterocycles. The van der Waals surface area contributed by atoms with Crippen LogP contribution < -0.4 is 16.4 Å².